The number of rotatable bonds is 6. The molecule has 10 aromatic carbocycles. The van der Waals surface area contributed by atoms with Gasteiger partial charge in [0.2, 0.25) is 0 Å². The second-order valence-corrected chi connectivity index (χ2v) is 23.3. The molecule has 12 aromatic rings. The SMILES string of the molecule is CC(C)(C)c1cccc(-c2ccccc2N2CN(c3cc(Oc4ccc5c6ccccc6n(-c6nccc7c6C6c8ccccc8C7c7ccccc76)c5c4)c4c(c3)C3c5ccccc5C4c4ccccc43)c3ccccc32)c1. The number of nitrogens with zero attached hydrogens (tertiary/aromatic N) is 4. The van der Waals surface area contributed by atoms with E-state index in [0.717, 1.165) is 39.7 Å². The molecule has 0 amide bonds. The van der Waals surface area contributed by atoms with E-state index in [-0.39, 0.29) is 29.1 Å². The lowest BCUT2D eigenvalue weighted by Crippen LogP contribution is -2.29. The second-order valence-electron chi connectivity index (χ2n) is 23.3. The molecule has 0 saturated carbocycles. The van der Waals surface area contributed by atoms with Gasteiger partial charge in [0.1, 0.15) is 24.0 Å². The minimum atomic E-state index is 0.00551. The molecule has 0 spiro atoms. The van der Waals surface area contributed by atoms with E-state index in [4.69, 9.17) is 9.72 Å². The molecule has 6 aliphatic carbocycles. The third-order valence-electron chi connectivity index (χ3n) is 18.2. The summed E-state index contributed by atoms with van der Waals surface area (Å²) in [5, 5.41) is 2.36. The summed E-state index contributed by atoms with van der Waals surface area (Å²) in [7, 11) is 0. The maximum absolute atomic E-state index is 7.65. The van der Waals surface area contributed by atoms with Gasteiger partial charge in [0.05, 0.1) is 28.1 Å². The van der Waals surface area contributed by atoms with E-state index in [1.54, 1.807) is 0 Å². The van der Waals surface area contributed by atoms with Crippen molar-refractivity contribution >= 4 is 44.6 Å². The molecule has 376 valence electrons. The van der Waals surface area contributed by atoms with Crippen molar-refractivity contribution in [3.05, 3.63) is 309 Å². The van der Waals surface area contributed by atoms with E-state index < -0.39 is 0 Å². The van der Waals surface area contributed by atoms with Crippen molar-refractivity contribution in [3.8, 4) is 28.4 Å². The van der Waals surface area contributed by atoms with Crippen molar-refractivity contribution < 1.29 is 4.74 Å². The third kappa shape index (κ3) is 6.36. The molecule has 0 atom stereocenters. The lowest BCUT2D eigenvalue weighted by molar-refractivity contribution is 0.471. The monoisotopic (exact) mass is 1010 g/mol. The van der Waals surface area contributed by atoms with Crippen LogP contribution in [-0.2, 0) is 5.41 Å². The highest BCUT2D eigenvalue weighted by atomic mass is 16.5. The molecule has 0 radical (unpaired) electrons. The first-order valence-electron chi connectivity index (χ1n) is 27.9. The average Bonchev–Trinajstić information content (AvgIpc) is 4.19. The van der Waals surface area contributed by atoms with E-state index in [2.05, 4.69) is 266 Å². The van der Waals surface area contributed by atoms with Crippen molar-refractivity contribution in [1.82, 2.24) is 9.55 Å². The lowest BCUT2D eigenvalue weighted by atomic mass is 9.61. The van der Waals surface area contributed by atoms with Gasteiger partial charge in [-0.15, -0.1) is 0 Å². The fourth-order valence-electron chi connectivity index (χ4n) is 14.8. The van der Waals surface area contributed by atoms with Crippen molar-refractivity contribution in [2.75, 3.05) is 16.5 Å². The van der Waals surface area contributed by atoms with Crippen LogP contribution in [0.3, 0.4) is 0 Å². The molecule has 3 heterocycles. The average molecular weight is 1020 g/mol. The molecule has 4 bridgehead atoms. The molecule has 0 unspecified atom stereocenters. The van der Waals surface area contributed by atoms with Crippen LogP contribution in [0.5, 0.6) is 11.5 Å². The van der Waals surface area contributed by atoms with Crippen LogP contribution in [0.2, 0.25) is 0 Å². The molecule has 7 aliphatic rings. The van der Waals surface area contributed by atoms with Gasteiger partial charge in [0.15, 0.2) is 0 Å². The highest BCUT2D eigenvalue weighted by molar-refractivity contribution is 6.09. The second kappa shape index (κ2) is 16.5. The molecule has 0 N–H and O–H groups in total. The summed E-state index contributed by atoms with van der Waals surface area (Å²) in [5.41, 5.74) is 26.8. The van der Waals surface area contributed by atoms with Gasteiger partial charge < -0.3 is 14.5 Å². The highest BCUT2D eigenvalue weighted by Crippen LogP contribution is 2.61. The van der Waals surface area contributed by atoms with E-state index in [9.17, 15) is 0 Å². The largest absolute Gasteiger partial charge is 0.457 e. The van der Waals surface area contributed by atoms with E-state index >= 15 is 0 Å². The molecular formula is C74H54N4O. The Kier molecular flexibility index (Phi) is 9.35. The lowest BCUT2D eigenvalue weighted by Gasteiger charge is -2.43. The standard InChI is InChI=1S/C74H54N4O/c1-74(2,3)45-20-18-19-44(39-45)48-21-12-14-31-61(48)77-43-76(63-33-16-17-34-64(63)77)46-40-60-68-53-25-6-8-27-55(53)69(56-28-9-7-26-54(56)68)71(60)66(41-46)79-47-35-36-50-49-22-13-15-32-62(49)78(65(50)42-47)73-72-59(37-38-75-73)67-51-23-4-10-29-57(51)70(72)58-30-11-5-24-52(58)67/h4-42,67-70H,43H2,1-3H3. The minimum Gasteiger partial charge on any atom is -0.457 e. The summed E-state index contributed by atoms with van der Waals surface area (Å²) >= 11 is 0. The smallest absolute Gasteiger partial charge is 0.142 e. The summed E-state index contributed by atoms with van der Waals surface area (Å²) < 4.78 is 10.1. The number of aromatic nitrogens is 2. The Labute approximate surface area is 460 Å². The van der Waals surface area contributed by atoms with Crippen LogP contribution in [0.25, 0.3) is 38.8 Å². The van der Waals surface area contributed by atoms with Crippen molar-refractivity contribution in [1.29, 1.82) is 0 Å². The number of pyridine rings is 1. The number of fused-ring (bicyclic) bond motifs is 4. The van der Waals surface area contributed by atoms with Gasteiger partial charge in [-0.1, -0.05) is 191 Å². The van der Waals surface area contributed by atoms with Gasteiger partial charge in [-0.2, -0.15) is 0 Å². The number of benzene rings is 10. The Balaban J connectivity index is 0.843. The number of anilines is 4. The zero-order chi connectivity index (χ0) is 52.3. The van der Waals surface area contributed by atoms with E-state index in [0.29, 0.717) is 6.67 Å². The fraction of sp³-hybridized carbons (Fsp3) is 0.122. The van der Waals surface area contributed by atoms with Gasteiger partial charge in [-0.25, -0.2) is 4.98 Å². The topological polar surface area (TPSA) is 33.5 Å². The summed E-state index contributed by atoms with van der Waals surface area (Å²) in [6, 6.07) is 85.9. The maximum Gasteiger partial charge on any atom is 0.142 e. The van der Waals surface area contributed by atoms with Crippen LogP contribution in [0.4, 0.5) is 22.7 Å². The molecule has 19 rings (SSSR count). The molecule has 2 aromatic heterocycles. The number of para-hydroxylation sites is 4. The number of hydrogen-bond acceptors (Lipinski definition) is 4. The molecule has 5 heteroatoms. The van der Waals surface area contributed by atoms with Crippen LogP contribution in [0, 0.1) is 0 Å². The molecule has 0 saturated heterocycles. The summed E-state index contributed by atoms with van der Waals surface area (Å²) in [6.45, 7) is 7.50. The van der Waals surface area contributed by atoms with Gasteiger partial charge in [-0.05, 0) is 121 Å². The molecule has 5 nitrogen and oxygen atoms in total. The van der Waals surface area contributed by atoms with Crippen molar-refractivity contribution in [2.45, 2.75) is 49.9 Å². The number of ether oxygens (including phenoxy) is 1. The Morgan fingerprint density at radius 2 is 0.962 bits per heavy atom. The van der Waals surface area contributed by atoms with E-state index in [1.165, 1.54) is 106 Å². The first-order chi connectivity index (χ1) is 38.9. The normalized spacial score (nSPS) is 17.7. The predicted octanol–water partition coefficient (Wildman–Crippen LogP) is 18.2. The first kappa shape index (κ1) is 44.7. The first-order valence-corrected chi connectivity index (χ1v) is 27.9. The van der Waals surface area contributed by atoms with Gasteiger partial charge in [0, 0.05) is 75.2 Å². The van der Waals surface area contributed by atoms with Crippen LogP contribution in [0.15, 0.2) is 237 Å². The Bertz CT molecular complexity index is 4460. The number of hydrogen-bond donors (Lipinski definition) is 0. The maximum atomic E-state index is 7.65. The summed E-state index contributed by atoms with van der Waals surface area (Å²) in [5.74, 6) is 2.89. The molecule has 79 heavy (non-hydrogen) atoms. The Morgan fingerprint density at radius 3 is 1.62 bits per heavy atom. The fourth-order valence-corrected chi connectivity index (χ4v) is 14.8. The van der Waals surface area contributed by atoms with Gasteiger partial charge in [0.25, 0.3) is 0 Å². The quantitative estimate of drug-likeness (QED) is 0.166. The summed E-state index contributed by atoms with van der Waals surface area (Å²) in [4.78, 5) is 10.4. The Hall–Kier alpha value is -9.45. The summed E-state index contributed by atoms with van der Waals surface area (Å²) in [6.07, 6.45) is 2.03. The zero-order valence-corrected chi connectivity index (χ0v) is 44.2. The van der Waals surface area contributed by atoms with Crippen molar-refractivity contribution in [2.24, 2.45) is 0 Å². The molecule has 0 fully saturated rings. The van der Waals surface area contributed by atoms with E-state index in [1.807, 2.05) is 6.20 Å². The third-order valence-corrected chi connectivity index (χ3v) is 18.2. The minimum absolute atomic E-state index is 0.00551. The van der Waals surface area contributed by atoms with Crippen LogP contribution in [-0.4, -0.2) is 16.2 Å². The van der Waals surface area contributed by atoms with Gasteiger partial charge >= 0.3 is 0 Å². The van der Waals surface area contributed by atoms with Crippen molar-refractivity contribution in [3.63, 3.8) is 0 Å². The molecule has 1 aliphatic heterocycles. The van der Waals surface area contributed by atoms with Crippen LogP contribution in [0.1, 0.15) is 117 Å². The van der Waals surface area contributed by atoms with Gasteiger partial charge in [-0.3, -0.25) is 4.57 Å². The Morgan fingerprint density at radius 1 is 0.418 bits per heavy atom. The van der Waals surface area contributed by atoms with Crippen LogP contribution >= 0.6 is 0 Å². The molecular weight excluding hydrogens is 961 g/mol. The zero-order valence-electron chi connectivity index (χ0n) is 44.2. The van der Waals surface area contributed by atoms with Crippen LogP contribution < -0.4 is 14.5 Å². The predicted molar refractivity (Wildman–Crippen MR) is 321 cm³/mol. The highest BCUT2D eigenvalue weighted by Gasteiger charge is 2.45.